The SMILES string of the molecule is CCCCC/C=C\C/C=C\CCCCCCCCCC(=O)OCC(COCCCCCCCCCCCC)OC(=O)CCCCCCCCCCCCCCCCC. The highest BCUT2D eigenvalue weighted by molar-refractivity contribution is 5.70. The van der Waals surface area contributed by atoms with Crippen LogP contribution < -0.4 is 0 Å². The molecule has 0 saturated heterocycles. The Hall–Kier alpha value is -1.62. The molecule has 5 heteroatoms. The van der Waals surface area contributed by atoms with Crippen LogP contribution in [-0.2, 0) is 23.8 Å². The lowest BCUT2D eigenvalue weighted by molar-refractivity contribution is -0.163. The summed E-state index contributed by atoms with van der Waals surface area (Å²) in [5.74, 6) is -0.389. The van der Waals surface area contributed by atoms with E-state index in [0.717, 1.165) is 44.9 Å². The molecule has 0 aromatic rings. The van der Waals surface area contributed by atoms with E-state index in [1.807, 2.05) is 0 Å². The van der Waals surface area contributed by atoms with Gasteiger partial charge in [0.05, 0.1) is 6.61 Å². The van der Waals surface area contributed by atoms with Crippen molar-refractivity contribution in [2.75, 3.05) is 19.8 Å². The average Bonchev–Trinajstić information content (AvgIpc) is 3.22. The van der Waals surface area contributed by atoms with Gasteiger partial charge < -0.3 is 14.2 Å². The number of carbonyl (C=O) groups excluding carboxylic acids is 2. The van der Waals surface area contributed by atoms with Crippen molar-refractivity contribution in [2.45, 2.75) is 284 Å². The van der Waals surface area contributed by atoms with Crippen molar-refractivity contribution >= 4 is 11.9 Å². The monoisotopic (exact) mass is 817 g/mol. The summed E-state index contributed by atoms with van der Waals surface area (Å²) in [6.07, 6.45) is 57.5. The summed E-state index contributed by atoms with van der Waals surface area (Å²) in [5, 5.41) is 0. The van der Waals surface area contributed by atoms with Crippen LogP contribution >= 0.6 is 0 Å². The minimum absolute atomic E-state index is 0.0884. The maximum atomic E-state index is 12.8. The molecule has 0 aliphatic carbocycles. The first kappa shape index (κ1) is 56.4. The molecule has 0 aromatic carbocycles. The number of carbonyl (C=O) groups is 2. The van der Waals surface area contributed by atoms with Crippen molar-refractivity contribution in [3.63, 3.8) is 0 Å². The Morgan fingerprint density at radius 2 is 0.724 bits per heavy atom. The maximum absolute atomic E-state index is 12.8. The van der Waals surface area contributed by atoms with E-state index < -0.39 is 6.10 Å². The Kier molecular flexibility index (Phi) is 48.4. The molecule has 0 saturated carbocycles. The molecule has 342 valence electrons. The third kappa shape index (κ3) is 47.1. The van der Waals surface area contributed by atoms with Crippen LogP contribution in [-0.4, -0.2) is 37.9 Å². The van der Waals surface area contributed by atoms with Gasteiger partial charge in [0.2, 0.25) is 0 Å². The fraction of sp³-hybridized carbons (Fsp3) is 0.887. The van der Waals surface area contributed by atoms with Crippen molar-refractivity contribution in [1.82, 2.24) is 0 Å². The van der Waals surface area contributed by atoms with E-state index in [-0.39, 0.29) is 18.5 Å². The molecule has 0 aliphatic rings. The summed E-state index contributed by atoms with van der Waals surface area (Å²) >= 11 is 0. The third-order valence-electron chi connectivity index (χ3n) is 11.5. The highest BCUT2D eigenvalue weighted by atomic mass is 16.6. The fourth-order valence-corrected chi connectivity index (χ4v) is 7.60. The van der Waals surface area contributed by atoms with Crippen LogP contribution in [0.4, 0.5) is 0 Å². The minimum Gasteiger partial charge on any atom is -0.462 e. The smallest absolute Gasteiger partial charge is 0.306 e. The Balaban J connectivity index is 4.18. The molecule has 0 spiro atoms. The zero-order valence-electron chi connectivity index (χ0n) is 39.3. The molecule has 1 unspecified atom stereocenters. The van der Waals surface area contributed by atoms with E-state index >= 15 is 0 Å². The van der Waals surface area contributed by atoms with Gasteiger partial charge in [-0.2, -0.15) is 0 Å². The van der Waals surface area contributed by atoms with Crippen LogP contribution in [0.3, 0.4) is 0 Å². The van der Waals surface area contributed by atoms with Gasteiger partial charge in [0, 0.05) is 19.4 Å². The van der Waals surface area contributed by atoms with Crippen molar-refractivity contribution in [3.8, 4) is 0 Å². The van der Waals surface area contributed by atoms with Crippen LogP contribution in [0.1, 0.15) is 278 Å². The standard InChI is InChI=1S/C53H100O5/c1-4-7-10-13-16-19-22-24-26-27-29-30-32-34-37-40-43-46-52(54)57-50-51(49-56-48-45-42-39-36-21-18-15-12-9-6-3)58-53(55)47-44-41-38-35-33-31-28-25-23-20-17-14-11-8-5-2/h16,19,24,26,51H,4-15,17-18,20-23,25,27-50H2,1-3H3/b19-16-,26-24-. The molecule has 0 N–H and O–H groups in total. The second-order valence-corrected chi connectivity index (χ2v) is 17.4. The summed E-state index contributed by atoms with van der Waals surface area (Å²) in [6.45, 7) is 7.84. The molecule has 0 bridgehead atoms. The molecule has 1 atom stereocenters. The summed E-state index contributed by atoms with van der Waals surface area (Å²) in [4.78, 5) is 25.4. The van der Waals surface area contributed by atoms with E-state index in [2.05, 4.69) is 45.1 Å². The van der Waals surface area contributed by atoms with E-state index in [1.165, 1.54) is 199 Å². The number of unbranched alkanes of at least 4 members (excludes halogenated alkanes) is 33. The molecule has 0 amide bonds. The molecule has 0 heterocycles. The zero-order valence-corrected chi connectivity index (χ0v) is 39.3. The fourth-order valence-electron chi connectivity index (χ4n) is 7.60. The second-order valence-electron chi connectivity index (χ2n) is 17.4. The Morgan fingerprint density at radius 3 is 1.17 bits per heavy atom. The Morgan fingerprint density at radius 1 is 0.379 bits per heavy atom. The number of ether oxygens (including phenoxy) is 3. The zero-order chi connectivity index (χ0) is 42.1. The Labute approximate surface area is 362 Å². The van der Waals surface area contributed by atoms with Gasteiger partial charge in [-0.1, -0.05) is 238 Å². The van der Waals surface area contributed by atoms with Crippen molar-refractivity contribution in [2.24, 2.45) is 0 Å². The summed E-state index contributed by atoms with van der Waals surface area (Å²) in [5.41, 5.74) is 0. The highest BCUT2D eigenvalue weighted by Gasteiger charge is 2.17. The minimum atomic E-state index is -0.530. The molecule has 58 heavy (non-hydrogen) atoms. The molecule has 5 nitrogen and oxygen atoms in total. The van der Waals surface area contributed by atoms with Gasteiger partial charge in [-0.15, -0.1) is 0 Å². The predicted octanol–water partition coefficient (Wildman–Crippen LogP) is 17.2. The number of rotatable bonds is 48. The van der Waals surface area contributed by atoms with Crippen molar-refractivity contribution in [1.29, 1.82) is 0 Å². The van der Waals surface area contributed by atoms with Crippen molar-refractivity contribution < 1.29 is 23.8 Å². The van der Waals surface area contributed by atoms with E-state index in [1.54, 1.807) is 0 Å². The van der Waals surface area contributed by atoms with Crippen LogP contribution in [0.15, 0.2) is 24.3 Å². The summed E-state index contributed by atoms with van der Waals surface area (Å²) in [7, 11) is 0. The lowest BCUT2D eigenvalue weighted by Crippen LogP contribution is -2.30. The van der Waals surface area contributed by atoms with E-state index in [9.17, 15) is 9.59 Å². The first-order valence-corrected chi connectivity index (χ1v) is 25.9. The summed E-state index contributed by atoms with van der Waals surface area (Å²) in [6, 6.07) is 0. The maximum Gasteiger partial charge on any atom is 0.306 e. The van der Waals surface area contributed by atoms with Crippen LogP contribution in [0, 0.1) is 0 Å². The highest BCUT2D eigenvalue weighted by Crippen LogP contribution is 2.16. The van der Waals surface area contributed by atoms with Gasteiger partial charge in [-0.25, -0.2) is 0 Å². The predicted molar refractivity (Wildman–Crippen MR) is 252 cm³/mol. The first-order valence-electron chi connectivity index (χ1n) is 25.9. The molecule has 0 rings (SSSR count). The van der Waals surface area contributed by atoms with Crippen LogP contribution in [0.5, 0.6) is 0 Å². The van der Waals surface area contributed by atoms with Gasteiger partial charge in [0.25, 0.3) is 0 Å². The molecular formula is C53H100O5. The Bertz CT molecular complexity index is 882. The van der Waals surface area contributed by atoms with Gasteiger partial charge in [0.1, 0.15) is 6.61 Å². The van der Waals surface area contributed by atoms with Gasteiger partial charge in [-0.05, 0) is 51.4 Å². The first-order chi connectivity index (χ1) is 28.6. The van der Waals surface area contributed by atoms with Gasteiger partial charge in [0.15, 0.2) is 6.10 Å². The van der Waals surface area contributed by atoms with Crippen LogP contribution in [0.25, 0.3) is 0 Å². The largest absolute Gasteiger partial charge is 0.462 e. The second kappa shape index (κ2) is 49.7. The molecule has 0 fully saturated rings. The lowest BCUT2D eigenvalue weighted by atomic mass is 10.0. The van der Waals surface area contributed by atoms with Gasteiger partial charge in [-0.3, -0.25) is 9.59 Å². The number of allylic oxidation sites excluding steroid dienone is 4. The van der Waals surface area contributed by atoms with E-state index in [0.29, 0.717) is 26.1 Å². The third-order valence-corrected chi connectivity index (χ3v) is 11.5. The summed E-state index contributed by atoms with van der Waals surface area (Å²) < 4.78 is 17.4. The molecular weight excluding hydrogens is 717 g/mol. The number of esters is 2. The number of hydrogen-bond donors (Lipinski definition) is 0. The quantitative estimate of drug-likeness (QED) is 0.0348. The van der Waals surface area contributed by atoms with Crippen molar-refractivity contribution in [3.05, 3.63) is 24.3 Å². The molecule has 0 aromatic heterocycles. The normalized spacial score (nSPS) is 12.3. The van der Waals surface area contributed by atoms with Gasteiger partial charge >= 0.3 is 11.9 Å². The topological polar surface area (TPSA) is 61.8 Å². The number of hydrogen-bond acceptors (Lipinski definition) is 5. The van der Waals surface area contributed by atoms with Crippen LogP contribution in [0.2, 0.25) is 0 Å². The molecule has 0 radical (unpaired) electrons. The average molecular weight is 817 g/mol. The lowest BCUT2D eigenvalue weighted by Gasteiger charge is -2.18. The van der Waals surface area contributed by atoms with E-state index in [4.69, 9.17) is 14.2 Å². The molecule has 0 aliphatic heterocycles.